The van der Waals surface area contributed by atoms with Crippen LogP contribution in [0.25, 0.3) is 0 Å². The maximum atomic E-state index is 5.96. The Morgan fingerprint density at radius 2 is 2.29 bits per heavy atom. The molecule has 3 nitrogen and oxygen atoms in total. The molecule has 2 N–H and O–H groups in total. The van der Waals surface area contributed by atoms with Gasteiger partial charge in [0, 0.05) is 12.5 Å². The number of aryl methyl sites for hydroxylation is 1. The summed E-state index contributed by atoms with van der Waals surface area (Å²) in [6, 6.07) is 0. The van der Waals surface area contributed by atoms with Gasteiger partial charge < -0.3 is 5.73 Å². The van der Waals surface area contributed by atoms with Crippen LogP contribution in [-0.2, 0) is 6.54 Å². The summed E-state index contributed by atoms with van der Waals surface area (Å²) in [5.74, 6) is 3.16. The highest BCUT2D eigenvalue weighted by Crippen LogP contribution is 2.34. The van der Waals surface area contributed by atoms with Gasteiger partial charge in [0.05, 0.1) is 17.6 Å². The number of anilines is 1. The molecule has 78 valence electrons. The summed E-state index contributed by atoms with van der Waals surface area (Å²) in [6.07, 6.45) is 4.29. The Morgan fingerprint density at radius 3 is 2.93 bits per heavy atom. The van der Waals surface area contributed by atoms with E-state index in [1.807, 2.05) is 11.8 Å². The standard InChI is InChI=1S/C10H17N3S/c1-2-13-10(9(11)7-12-13)8-3-5-14-6-4-8/h7-8H,2-6,11H2,1H3. The van der Waals surface area contributed by atoms with E-state index in [0.717, 1.165) is 12.2 Å². The molecule has 2 rings (SSSR count). The van der Waals surface area contributed by atoms with E-state index >= 15 is 0 Å². The lowest BCUT2D eigenvalue weighted by Crippen LogP contribution is -2.14. The van der Waals surface area contributed by atoms with Crippen LogP contribution in [0.4, 0.5) is 5.69 Å². The normalized spacial score (nSPS) is 18.6. The van der Waals surface area contributed by atoms with Gasteiger partial charge in [0.2, 0.25) is 0 Å². The second-order valence-electron chi connectivity index (χ2n) is 3.69. The molecule has 1 aliphatic heterocycles. The zero-order chi connectivity index (χ0) is 9.97. The fourth-order valence-electron chi connectivity index (χ4n) is 2.08. The van der Waals surface area contributed by atoms with E-state index in [0.29, 0.717) is 5.92 Å². The average molecular weight is 211 g/mol. The van der Waals surface area contributed by atoms with Crippen molar-refractivity contribution < 1.29 is 0 Å². The first-order valence-corrected chi connectivity index (χ1v) is 6.37. The molecule has 2 heterocycles. The molecule has 1 aliphatic rings. The van der Waals surface area contributed by atoms with Gasteiger partial charge >= 0.3 is 0 Å². The first-order valence-electron chi connectivity index (χ1n) is 5.22. The van der Waals surface area contributed by atoms with E-state index in [4.69, 9.17) is 5.73 Å². The predicted molar refractivity (Wildman–Crippen MR) is 61.6 cm³/mol. The molecule has 1 aromatic heterocycles. The highest BCUT2D eigenvalue weighted by atomic mass is 32.2. The number of thioether (sulfide) groups is 1. The molecular weight excluding hydrogens is 194 g/mol. The number of nitrogens with zero attached hydrogens (tertiary/aromatic N) is 2. The first kappa shape index (κ1) is 9.90. The van der Waals surface area contributed by atoms with E-state index in [1.165, 1.54) is 30.0 Å². The molecule has 1 fully saturated rings. The third kappa shape index (κ3) is 1.75. The topological polar surface area (TPSA) is 43.8 Å². The Morgan fingerprint density at radius 1 is 1.57 bits per heavy atom. The maximum absolute atomic E-state index is 5.96. The molecule has 0 bridgehead atoms. The molecular formula is C10H17N3S. The van der Waals surface area contributed by atoms with Crippen LogP contribution < -0.4 is 5.73 Å². The molecule has 1 saturated heterocycles. The van der Waals surface area contributed by atoms with E-state index in [1.54, 1.807) is 6.20 Å². The molecule has 1 aromatic rings. The minimum absolute atomic E-state index is 0.638. The fraction of sp³-hybridized carbons (Fsp3) is 0.700. The van der Waals surface area contributed by atoms with Crippen LogP contribution in [0.15, 0.2) is 6.20 Å². The summed E-state index contributed by atoms with van der Waals surface area (Å²) in [6.45, 7) is 3.05. The van der Waals surface area contributed by atoms with Crippen LogP contribution in [-0.4, -0.2) is 21.3 Å². The number of nitrogens with two attached hydrogens (primary N) is 1. The average Bonchev–Trinajstić information content (AvgIpc) is 2.61. The molecule has 14 heavy (non-hydrogen) atoms. The largest absolute Gasteiger partial charge is 0.396 e. The summed E-state index contributed by atoms with van der Waals surface area (Å²) < 4.78 is 2.05. The molecule has 4 heteroatoms. The molecule has 0 radical (unpaired) electrons. The van der Waals surface area contributed by atoms with E-state index in [-0.39, 0.29) is 0 Å². The lowest BCUT2D eigenvalue weighted by Gasteiger charge is -2.22. The van der Waals surface area contributed by atoms with Gasteiger partial charge in [0.25, 0.3) is 0 Å². The smallest absolute Gasteiger partial charge is 0.0736 e. The Kier molecular flexibility index (Phi) is 3.01. The molecule has 0 aromatic carbocycles. The van der Waals surface area contributed by atoms with Gasteiger partial charge in [-0.3, -0.25) is 4.68 Å². The van der Waals surface area contributed by atoms with Gasteiger partial charge in [-0.1, -0.05) is 0 Å². The Hall–Kier alpha value is -0.640. The van der Waals surface area contributed by atoms with Crippen molar-refractivity contribution in [2.75, 3.05) is 17.2 Å². The Labute approximate surface area is 89.1 Å². The zero-order valence-corrected chi connectivity index (χ0v) is 9.39. The molecule has 0 unspecified atom stereocenters. The first-order chi connectivity index (χ1) is 6.83. The van der Waals surface area contributed by atoms with Gasteiger partial charge in [-0.25, -0.2) is 0 Å². The SMILES string of the molecule is CCn1ncc(N)c1C1CCSCC1. The maximum Gasteiger partial charge on any atom is 0.0736 e. The molecule has 0 amide bonds. The van der Waals surface area contributed by atoms with Gasteiger partial charge in [-0.05, 0) is 31.3 Å². The van der Waals surface area contributed by atoms with Gasteiger partial charge in [-0.15, -0.1) is 0 Å². The number of hydrogen-bond donors (Lipinski definition) is 1. The van der Waals surface area contributed by atoms with Crippen molar-refractivity contribution >= 4 is 17.4 Å². The Balaban J connectivity index is 2.23. The van der Waals surface area contributed by atoms with Gasteiger partial charge in [-0.2, -0.15) is 16.9 Å². The number of aromatic nitrogens is 2. The van der Waals surface area contributed by atoms with Gasteiger partial charge in [0.1, 0.15) is 0 Å². The van der Waals surface area contributed by atoms with Crippen LogP contribution in [0, 0.1) is 0 Å². The second-order valence-corrected chi connectivity index (χ2v) is 4.91. The van der Waals surface area contributed by atoms with Crippen molar-refractivity contribution in [3.05, 3.63) is 11.9 Å². The number of rotatable bonds is 2. The van der Waals surface area contributed by atoms with Crippen molar-refractivity contribution in [3.8, 4) is 0 Å². The Bertz CT molecular complexity index is 302. The second kappa shape index (κ2) is 4.26. The van der Waals surface area contributed by atoms with Crippen molar-refractivity contribution in [2.24, 2.45) is 0 Å². The van der Waals surface area contributed by atoms with E-state index in [9.17, 15) is 0 Å². The molecule has 0 atom stereocenters. The zero-order valence-electron chi connectivity index (χ0n) is 8.57. The number of nitrogen functional groups attached to an aromatic ring is 1. The lowest BCUT2D eigenvalue weighted by atomic mass is 9.98. The third-order valence-electron chi connectivity index (χ3n) is 2.82. The van der Waals surface area contributed by atoms with Crippen LogP contribution in [0.2, 0.25) is 0 Å². The highest BCUT2D eigenvalue weighted by Gasteiger charge is 2.21. The summed E-state index contributed by atoms with van der Waals surface area (Å²) in [4.78, 5) is 0. The molecule has 0 aliphatic carbocycles. The highest BCUT2D eigenvalue weighted by molar-refractivity contribution is 7.99. The minimum atomic E-state index is 0.638. The van der Waals surface area contributed by atoms with Crippen LogP contribution in [0.1, 0.15) is 31.4 Å². The van der Waals surface area contributed by atoms with Crippen molar-refractivity contribution in [3.63, 3.8) is 0 Å². The van der Waals surface area contributed by atoms with Crippen LogP contribution in [0.3, 0.4) is 0 Å². The predicted octanol–water partition coefficient (Wildman–Crippen LogP) is 2.10. The lowest BCUT2D eigenvalue weighted by molar-refractivity contribution is 0.540. The fourth-order valence-corrected chi connectivity index (χ4v) is 3.19. The van der Waals surface area contributed by atoms with Gasteiger partial charge in [0.15, 0.2) is 0 Å². The molecule has 0 saturated carbocycles. The molecule has 0 spiro atoms. The summed E-state index contributed by atoms with van der Waals surface area (Å²) in [7, 11) is 0. The summed E-state index contributed by atoms with van der Waals surface area (Å²) >= 11 is 2.04. The number of hydrogen-bond acceptors (Lipinski definition) is 3. The van der Waals surface area contributed by atoms with Crippen LogP contribution >= 0.6 is 11.8 Å². The minimum Gasteiger partial charge on any atom is -0.396 e. The third-order valence-corrected chi connectivity index (χ3v) is 3.87. The van der Waals surface area contributed by atoms with Crippen molar-refractivity contribution in [2.45, 2.75) is 32.2 Å². The van der Waals surface area contributed by atoms with E-state index in [2.05, 4.69) is 16.7 Å². The van der Waals surface area contributed by atoms with Crippen molar-refractivity contribution in [1.29, 1.82) is 0 Å². The summed E-state index contributed by atoms with van der Waals surface area (Å²) in [5, 5.41) is 4.29. The monoisotopic (exact) mass is 211 g/mol. The quantitative estimate of drug-likeness (QED) is 0.814. The van der Waals surface area contributed by atoms with E-state index < -0.39 is 0 Å². The van der Waals surface area contributed by atoms with Crippen molar-refractivity contribution in [1.82, 2.24) is 9.78 Å². The summed E-state index contributed by atoms with van der Waals surface area (Å²) in [5.41, 5.74) is 8.11. The van der Waals surface area contributed by atoms with Crippen LogP contribution in [0.5, 0.6) is 0 Å².